The molecule has 2 aromatic rings. The Morgan fingerprint density at radius 2 is 1.68 bits per heavy atom. The molecule has 1 heterocycles. The lowest BCUT2D eigenvalue weighted by molar-refractivity contribution is 0.0951. The molecule has 2 N–H and O–H groups in total. The van der Waals surface area contributed by atoms with E-state index in [0.29, 0.717) is 24.0 Å². The molecule has 1 aromatic carbocycles. The van der Waals surface area contributed by atoms with Crippen LogP contribution in [0.15, 0.2) is 36.7 Å². The van der Waals surface area contributed by atoms with E-state index in [1.807, 2.05) is 12.1 Å². The van der Waals surface area contributed by atoms with Crippen molar-refractivity contribution in [2.24, 2.45) is 5.92 Å². The fraction of sp³-hybridized carbons (Fsp3) is 0.450. The molecule has 25 heavy (non-hydrogen) atoms. The highest BCUT2D eigenvalue weighted by Crippen LogP contribution is 2.24. The van der Waals surface area contributed by atoms with Crippen molar-refractivity contribution in [3.8, 4) is 0 Å². The summed E-state index contributed by atoms with van der Waals surface area (Å²) in [5.41, 5.74) is 2.78. The van der Waals surface area contributed by atoms with Gasteiger partial charge in [-0.3, -0.25) is 4.79 Å². The third-order valence-corrected chi connectivity index (χ3v) is 3.93. The van der Waals surface area contributed by atoms with E-state index in [2.05, 4.69) is 67.4 Å². The molecule has 0 spiro atoms. The first-order valence-electron chi connectivity index (χ1n) is 8.73. The highest BCUT2D eigenvalue weighted by atomic mass is 16.1. The summed E-state index contributed by atoms with van der Waals surface area (Å²) in [7, 11) is 0. The molecule has 0 bridgehead atoms. The number of carbonyl (C=O) groups excluding carboxylic acids is 1. The van der Waals surface area contributed by atoms with Crippen LogP contribution in [0.25, 0.3) is 0 Å². The van der Waals surface area contributed by atoms with Gasteiger partial charge < -0.3 is 10.6 Å². The Balaban J connectivity index is 1.95. The first-order chi connectivity index (χ1) is 11.8. The van der Waals surface area contributed by atoms with Crippen molar-refractivity contribution in [3.05, 3.63) is 47.8 Å². The lowest BCUT2D eigenvalue weighted by Crippen LogP contribution is -2.25. The number of hydrogen-bond donors (Lipinski definition) is 2. The number of benzene rings is 1. The second-order valence-corrected chi connectivity index (χ2v) is 7.69. The summed E-state index contributed by atoms with van der Waals surface area (Å²) in [6.45, 7) is 11.5. The molecule has 5 nitrogen and oxygen atoms in total. The van der Waals surface area contributed by atoms with Gasteiger partial charge in [0.1, 0.15) is 0 Å². The topological polar surface area (TPSA) is 66.9 Å². The van der Waals surface area contributed by atoms with Crippen LogP contribution in [0.4, 0.5) is 11.6 Å². The van der Waals surface area contributed by atoms with Crippen molar-refractivity contribution < 1.29 is 4.79 Å². The molecule has 1 aromatic heterocycles. The zero-order valence-electron chi connectivity index (χ0n) is 15.8. The van der Waals surface area contributed by atoms with E-state index < -0.39 is 0 Å². The summed E-state index contributed by atoms with van der Waals surface area (Å²) in [5, 5.41) is 6.03. The summed E-state index contributed by atoms with van der Waals surface area (Å²) in [4.78, 5) is 20.5. The minimum atomic E-state index is -0.137. The Bertz CT molecular complexity index is 685. The van der Waals surface area contributed by atoms with Gasteiger partial charge in [-0.05, 0) is 35.4 Å². The van der Waals surface area contributed by atoms with Gasteiger partial charge in [-0.2, -0.15) is 0 Å². The van der Waals surface area contributed by atoms with Gasteiger partial charge in [-0.1, -0.05) is 46.8 Å². The molecule has 0 aliphatic heterocycles. The molecule has 0 radical (unpaired) electrons. The highest BCUT2D eigenvalue weighted by molar-refractivity contribution is 5.93. The molecular formula is C20H28N4O. The van der Waals surface area contributed by atoms with Gasteiger partial charge in [0, 0.05) is 24.6 Å². The summed E-state index contributed by atoms with van der Waals surface area (Å²) >= 11 is 0. The normalized spacial score (nSPS) is 11.4. The quantitative estimate of drug-likeness (QED) is 0.823. The Labute approximate surface area is 150 Å². The van der Waals surface area contributed by atoms with Crippen molar-refractivity contribution >= 4 is 17.5 Å². The van der Waals surface area contributed by atoms with E-state index in [-0.39, 0.29) is 11.3 Å². The molecule has 0 unspecified atom stereocenters. The Morgan fingerprint density at radius 3 is 2.20 bits per heavy atom. The van der Waals surface area contributed by atoms with Gasteiger partial charge in [0.05, 0.1) is 5.56 Å². The van der Waals surface area contributed by atoms with Crippen LogP contribution in [0.2, 0.25) is 0 Å². The molecule has 5 heteroatoms. The first kappa shape index (κ1) is 18.9. The molecule has 0 saturated heterocycles. The second-order valence-electron chi connectivity index (χ2n) is 7.69. The average molecular weight is 340 g/mol. The van der Waals surface area contributed by atoms with Crippen molar-refractivity contribution in [2.75, 3.05) is 11.9 Å². The average Bonchev–Trinajstić information content (AvgIpc) is 2.55. The smallest absolute Gasteiger partial charge is 0.254 e. The second kappa shape index (κ2) is 8.10. The third-order valence-electron chi connectivity index (χ3n) is 3.93. The van der Waals surface area contributed by atoms with Crippen molar-refractivity contribution in [3.63, 3.8) is 0 Å². The zero-order chi connectivity index (χ0) is 18.4. The molecule has 134 valence electrons. The molecule has 0 aliphatic rings. The number of nitrogens with one attached hydrogen (secondary N) is 2. The van der Waals surface area contributed by atoms with E-state index in [1.54, 1.807) is 12.4 Å². The maximum atomic E-state index is 12.0. The van der Waals surface area contributed by atoms with Crippen molar-refractivity contribution in [1.82, 2.24) is 15.3 Å². The molecule has 0 atom stereocenters. The minimum Gasteiger partial charge on any atom is -0.352 e. The van der Waals surface area contributed by atoms with Crippen LogP contribution in [0.1, 0.15) is 57.0 Å². The number of nitrogens with zero attached hydrogens (tertiary/aromatic N) is 2. The lowest BCUT2D eigenvalue weighted by Gasteiger charge is -2.19. The fourth-order valence-corrected chi connectivity index (χ4v) is 2.27. The van der Waals surface area contributed by atoms with E-state index in [0.717, 1.165) is 12.1 Å². The van der Waals surface area contributed by atoms with Gasteiger partial charge in [-0.15, -0.1) is 0 Å². The van der Waals surface area contributed by atoms with Gasteiger partial charge >= 0.3 is 0 Å². The minimum absolute atomic E-state index is 0.125. The predicted octanol–water partition coefficient (Wildman–Crippen LogP) is 4.29. The van der Waals surface area contributed by atoms with Crippen molar-refractivity contribution in [1.29, 1.82) is 0 Å². The van der Waals surface area contributed by atoms with E-state index in [9.17, 15) is 4.79 Å². The van der Waals surface area contributed by atoms with Gasteiger partial charge in [0.25, 0.3) is 5.91 Å². The van der Waals surface area contributed by atoms with Crippen LogP contribution in [-0.2, 0) is 5.41 Å². The zero-order valence-corrected chi connectivity index (χ0v) is 15.8. The molecule has 0 aliphatic carbocycles. The highest BCUT2D eigenvalue weighted by Gasteiger charge is 2.13. The fourth-order valence-electron chi connectivity index (χ4n) is 2.27. The monoisotopic (exact) mass is 340 g/mol. The maximum absolute atomic E-state index is 12.0. The van der Waals surface area contributed by atoms with E-state index in [4.69, 9.17) is 0 Å². The summed E-state index contributed by atoms with van der Waals surface area (Å²) < 4.78 is 0. The summed E-state index contributed by atoms with van der Waals surface area (Å²) in [6.07, 6.45) is 4.05. The van der Waals surface area contributed by atoms with Crippen LogP contribution in [-0.4, -0.2) is 22.4 Å². The maximum Gasteiger partial charge on any atom is 0.254 e. The molecule has 1 amide bonds. The van der Waals surface area contributed by atoms with Crippen LogP contribution >= 0.6 is 0 Å². The van der Waals surface area contributed by atoms with Crippen LogP contribution in [0.3, 0.4) is 0 Å². The van der Waals surface area contributed by atoms with Crippen LogP contribution in [0, 0.1) is 5.92 Å². The summed E-state index contributed by atoms with van der Waals surface area (Å²) in [5.74, 6) is 0.900. The first-order valence-corrected chi connectivity index (χ1v) is 8.73. The summed E-state index contributed by atoms with van der Waals surface area (Å²) in [6, 6.07) is 8.21. The van der Waals surface area contributed by atoms with E-state index in [1.165, 1.54) is 5.56 Å². The number of rotatable bonds is 6. The Hall–Kier alpha value is -2.43. The van der Waals surface area contributed by atoms with E-state index >= 15 is 0 Å². The number of carbonyl (C=O) groups is 1. The largest absolute Gasteiger partial charge is 0.352 e. The Kier molecular flexibility index (Phi) is 6.12. The SMILES string of the molecule is CC(C)CCNC(=O)c1cnc(Nc2ccc(C(C)(C)C)cc2)nc1. The predicted molar refractivity (Wildman–Crippen MR) is 102 cm³/mol. The number of anilines is 2. The van der Waals surface area contributed by atoms with Crippen LogP contribution < -0.4 is 10.6 Å². The number of hydrogen-bond acceptors (Lipinski definition) is 4. The lowest BCUT2D eigenvalue weighted by atomic mass is 9.87. The van der Waals surface area contributed by atoms with Crippen LogP contribution in [0.5, 0.6) is 0 Å². The van der Waals surface area contributed by atoms with Gasteiger partial charge in [0.2, 0.25) is 5.95 Å². The number of aromatic nitrogens is 2. The molecular weight excluding hydrogens is 312 g/mol. The molecule has 0 saturated carbocycles. The Morgan fingerprint density at radius 1 is 1.08 bits per heavy atom. The van der Waals surface area contributed by atoms with Gasteiger partial charge in [0.15, 0.2) is 0 Å². The number of amides is 1. The van der Waals surface area contributed by atoms with Crippen molar-refractivity contribution in [2.45, 2.75) is 46.5 Å². The molecule has 0 fully saturated rings. The van der Waals surface area contributed by atoms with Gasteiger partial charge in [-0.25, -0.2) is 9.97 Å². The molecule has 2 rings (SSSR count). The standard InChI is InChI=1S/C20H28N4O/c1-14(2)10-11-21-18(25)15-12-22-19(23-13-15)24-17-8-6-16(7-9-17)20(3,4)5/h6-9,12-14H,10-11H2,1-5H3,(H,21,25)(H,22,23,24). The third kappa shape index (κ3) is 5.85.